The number of thioether (sulfide) groups is 1. The summed E-state index contributed by atoms with van der Waals surface area (Å²) in [5.74, 6) is 1.29. The van der Waals surface area contributed by atoms with Crippen molar-refractivity contribution in [2.75, 3.05) is 5.75 Å². The quantitative estimate of drug-likeness (QED) is 0.564. The number of carbonyl (C=O) groups is 2. The van der Waals surface area contributed by atoms with Crippen LogP contribution in [0.2, 0.25) is 0 Å². The van der Waals surface area contributed by atoms with Crippen molar-refractivity contribution in [1.82, 2.24) is 10.6 Å². The molecule has 0 aromatic rings. The minimum atomic E-state index is -0.0240. The first kappa shape index (κ1) is 11.8. The van der Waals surface area contributed by atoms with Crippen LogP contribution in [0.5, 0.6) is 0 Å². The fourth-order valence-electron chi connectivity index (χ4n) is 2.36. The molecule has 0 aromatic heterocycles. The molecule has 5 heteroatoms. The summed E-state index contributed by atoms with van der Waals surface area (Å²) in [6.45, 7) is 1.64. The minimum absolute atomic E-state index is 0.0240. The Morgan fingerprint density at radius 1 is 1.44 bits per heavy atom. The van der Waals surface area contributed by atoms with Gasteiger partial charge in [0.25, 0.3) is 0 Å². The van der Waals surface area contributed by atoms with Gasteiger partial charge < -0.3 is 15.4 Å². The van der Waals surface area contributed by atoms with Crippen molar-refractivity contribution in [3.63, 3.8) is 0 Å². The lowest BCUT2D eigenvalue weighted by atomic mass is 10.0. The maximum Gasteiger partial charge on any atom is 0.315 e. The van der Waals surface area contributed by atoms with Crippen LogP contribution in [0, 0.1) is 0 Å². The summed E-state index contributed by atoms with van der Waals surface area (Å²) in [7, 11) is 0. The van der Waals surface area contributed by atoms with Crippen molar-refractivity contribution in [3.05, 3.63) is 0 Å². The van der Waals surface area contributed by atoms with Gasteiger partial charge in [0.15, 0.2) is 0 Å². The maximum atomic E-state index is 11.1. The number of amides is 2. The highest BCUT2D eigenvalue weighted by Crippen LogP contribution is 2.33. The van der Waals surface area contributed by atoms with Crippen molar-refractivity contribution in [1.29, 1.82) is 0 Å². The zero-order chi connectivity index (χ0) is 11.5. The highest BCUT2D eigenvalue weighted by molar-refractivity contribution is 8.00. The highest BCUT2D eigenvalue weighted by atomic mass is 32.2. The van der Waals surface area contributed by atoms with Gasteiger partial charge in [-0.3, -0.25) is 0 Å². The molecule has 16 heavy (non-hydrogen) atoms. The first-order valence-corrected chi connectivity index (χ1v) is 6.90. The van der Waals surface area contributed by atoms with E-state index in [2.05, 4.69) is 10.6 Å². The van der Waals surface area contributed by atoms with Gasteiger partial charge in [0.1, 0.15) is 5.78 Å². The molecule has 2 aliphatic heterocycles. The van der Waals surface area contributed by atoms with Crippen LogP contribution < -0.4 is 10.6 Å². The number of urea groups is 1. The van der Waals surface area contributed by atoms with Gasteiger partial charge in [-0.15, -0.1) is 0 Å². The molecular weight excluding hydrogens is 224 g/mol. The molecule has 2 N–H and O–H groups in total. The SMILES string of the molecule is CC(=O)CCCCC1SCC2NC(=O)NC21. The van der Waals surface area contributed by atoms with Crippen LogP contribution >= 0.6 is 11.8 Å². The van der Waals surface area contributed by atoms with Gasteiger partial charge in [-0.25, -0.2) is 4.79 Å². The number of hydrogen-bond donors (Lipinski definition) is 2. The second-order valence-electron chi connectivity index (χ2n) is 4.57. The summed E-state index contributed by atoms with van der Waals surface area (Å²) in [5, 5.41) is 6.43. The number of hydrogen-bond acceptors (Lipinski definition) is 3. The minimum Gasteiger partial charge on any atom is -0.332 e. The topological polar surface area (TPSA) is 58.2 Å². The third kappa shape index (κ3) is 2.70. The molecule has 2 aliphatic rings. The molecule has 2 rings (SSSR count). The molecule has 3 unspecified atom stereocenters. The zero-order valence-corrected chi connectivity index (χ0v) is 10.3. The number of nitrogens with one attached hydrogen (secondary N) is 2. The Hall–Kier alpha value is -0.710. The number of Topliss-reactive ketones (excluding diaryl/α,β-unsaturated/α-hetero) is 1. The van der Waals surface area contributed by atoms with Gasteiger partial charge in [-0.05, 0) is 19.8 Å². The standard InChI is InChI=1S/C11H18N2O2S/c1-7(14)4-2-3-5-9-10-8(6-16-9)12-11(15)13-10/h8-10H,2-6H2,1H3,(H2,12,13,15). The first-order valence-electron chi connectivity index (χ1n) is 5.85. The van der Waals surface area contributed by atoms with Crippen molar-refractivity contribution in [3.8, 4) is 0 Å². The lowest BCUT2D eigenvalue weighted by Crippen LogP contribution is -2.36. The van der Waals surface area contributed by atoms with Crippen LogP contribution in [0.3, 0.4) is 0 Å². The van der Waals surface area contributed by atoms with Crippen LogP contribution in [-0.4, -0.2) is 34.9 Å². The van der Waals surface area contributed by atoms with E-state index in [-0.39, 0.29) is 11.8 Å². The molecule has 0 radical (unpaired) electrons. The van der Waals surface area contributed by atoms with Crippen molar-refractivity contribution < 1.29 is 9.59 Å². The number of carbonyl (C=O) groups excluding carboxylic acids is 2. The maximum absolute atomic E-state index is 11.1. The van der Waals surface area contributed by atoms with E-state index >= 15 is 0 Å². The summed E-state index contributed by atoms with van der Waals surface area (Å²) in [4.78, 5) is 21.9. The smallest absolute Gasteiger partial charge is 0.315 e. The molecule has 2 saturated heterocycles. The Balaban J connectivity index is 1.70. The van der Waals surface area contributed by atoms with E-state index in [9.17, 15) is 9.59 Å². The summed E-state index contributed by atoms with van der Waals surface area (Å²) in [5.41, 5.74) is 0. The van der Waals surface area contributed by atoms with Crippen LogP contribution in [0.25, 0.3) is 0 Å². The molecule has 0 saturated carbocycles. The van der Waals surface area contributed by atoms with E-state index in [1.807, 2.05) is 11.8 Å². The second-order valence-corrected chi connectivity index (χ2v) is 5.84. The van der Waals surface area contributed by atoms with Gasteiger partial charge in [-0.2, -0.15) is 11.8 Å². The number of unbranched alkanes of at least 4 members (excludes halogenated alkanes) is 1. The third-order valence-electron chi connectivity index (χ3n) is 3.21. The Bertz CT molecular complexity index is 296. The summed E-state index contributed by atoms with van der Waals surface area (Å²) < 4.78 is 0. The van der Waals surface area contributed by atoms with Crippen LogP contribution in [0.1, 0.15) is 32.6 Å². The predicted molar refractivity (Wildman–Crippen MR) is 64.6 cm³/mol. The Labute approximate surface area is 99.9 Å². The fourth-order valence-corrected chi connectivity index (χ4v) is 3.91. The lowest BCUT2D eigenvalue weighted by Gasteiger charge is -2.16. The van der Waals surface area contributed by atoms with Crippen molar-refractivity contribution in [2.24, 2.45) is 0 Å². The number of ketones is 1. The molecule has 2 amide bonds. The van der Waals surface area contributed by atoms with Crippen molar-refractivity contribution >= 4 is 23.6 Å². The fraction of sp³-hybridized carbons (Fsp3) is 0.818. The van der Waals surface area contributed by atoms with Crippen molar-refractivity contribution in [2.45, 2.75) is 49.9 Å². The largest absolute Gasteiger partial charge is 0.332 e. The van der Waals surface area contributed by atoms with E-state index in [4.69, 9.17) is 0 Å². The summed E-state index contributed by atoms with van der Waals surface area (Å²) in [6.07, 6.45) is 3.85. The van der Waals surface area contributed by atoms with Gasteiger partial charge in [0, 0.05) is 17.4 Å². The Morgan fingerprint density at radius 2 is 2.25 bits per heavy atom. The predicted octanol–water partition coefficient (Wildman–Crippen LogP) is 1.30. The zero-order valence-electron chi connectivity index (χ0n) is 9.49. The number of rotatable bonds is 5. The van der Waals surface area contributed by atoms with Gasteiger partial charge >= 0.3 is 6.03 Å². The normalized spacial score (nSPS) is 32.1. The van der Waals surface area contributed by atoms with Crippen LogP contribution in [0.15, 0.2) is 0 Å². The molecule has 0 spiro atoms. The van der Waals surface area contributed by atoms with E-state index in [0.29, 0.717) is 23.8 Å². The lowest BCUT2D eigenvalue weighted by molar-refractivity contribution is -0.117. The van der Waals surface area contributed by atoms with Gasteiger partial charge in [-0.1, -0.05) is 6.42 Å². The first-order chi connectivity index (χ1) is 7.66. The Morgan fingerprint density at radius 3 is 3.00 bits per heavy atom. The van der Waals surface area contributed by atoms with E-state index in [0.717, 1.165) is 25.0 Å². The van der Waals surface area contributed by atoms with Crippen LogP contribution in [-0.2, 0) is 4.79 Å². The summed E-state index contributed by atoms with van der Waals surface area (Å²) in [6, 6.07) is 0.592. The van der Waals surface area contributed by atoms with E-state index < -0.39 is 0 Å². The van der Waals surface area contributed by atoms with Gasteiger partial charge in [0.05, 0.1) is 12.1 Å². The molecule has 0 aromatic carbocycles. The summed E-state index contributed by atoms with van der Waals surface area (Å²) >= 11 is 1.93. The van der Waals surface area contributed by atoms with E-state index in [1.165, 1.54) is 0 Å². The average Bonchev–Trinajstić information content (AvgIpc) is 2.72. The van der Waals surface area contributed by atoms with Crippen LogP contribution in [0.4, 0.5) is 4.79 Å². The Kier molecular flexibility index (Phi) is 3.74. The molecule has 4 nitrogen and oxygen atoms in total. The number of fused-ring (bicyclic) bond motifs is 1. The third-order valence-corrected chi connectivity index (χ3v) is 4.71. The molecular formula is C11H18N2O2S. The molecule has 0 bridgehead atoms. The highest BCUT2D eigenvalue weighted by Gasteiger charge is 2.42. The molecule has 2 fully saturated rings. The second kappa shape index (κ2) is 5.08. The molecule has 90 valence electrons. The molecule has 2 heterocycles. The van der Waals surface area contributed by atoms with Gasteiger partial charge in [0.2, 0.25) is 0 Å². The molecule has 0 aliphatic carbocycles. The monoisotopic (exact) mass is 242 g/mol. The average molecular weight is 242 g/mol. The molecule has 3 atom stereocenters. The van der Waals surface area contributed by atoms with E-state index in [1.54, 1.807) is 6.92 Å².